The van der Waals surface area contributed by atoms with E-state index in [0.717, 1.165) is 23.1 Å². The van der Waals surface area contributed by atoms with Crippen molar-refractivity contribution in [1.82, 2.24) is 0 Å². The van der Waals surface area contributed by atoms with Gasteiger partial charge in [0.15, 0.2) is 0 Å². The van der Waals surface area contributed by atoms with Crippen molar-refractivity contribution >= 4 is 0 Å². The minimum Gasteiger partial charge on any atom is -0.0982 e. The molecule has 0 amide bonds. The second-order valence-electron chi connectivity index (χ2n) is 5.64. The van der Waals surface area contributed by atoms with Gasteiger partial charge in [-0.1, -0.05) is 62.5 Å². The first-order valence-electron chi connectivity index (χ1n) is 8.51. The van der Waals surface area contributed by atoms with Crippen molar-refractivity contribution in [2.75, 3.05) is 0 Å². The summed E-state index contributed by atoms with van der Waals surface area (Å²) in [5, 5.41) is 0. The van der Waals surface area contributed by atoms with E-state index in [-0.39, 0.29) is 0 Å². The van der Waals surface area contributed by atoms with Crippen LogP contribution < -0.4 is 0 Å². The van der Waals surface area contributed by atoms with Crippen LogP contribution in [-0.4, -0.2) is 0 Å². The Kier molecular flexibility index (Phi) is 7.03. The molecule has 0 atom stereocenters. The maximum Gasteiger partial charge on any atom is 0.0249 e. The molecule has 0 heteroatoms. The molecule has 0 spiro atoms. The summed E-state index contributed by atoms with van der Waals surface area (Å²) in [7, 11) is 0. The van der Waals surface area contributed by atoms with Crippen LogP contribution in [-0.2, 0) is 6.42 Å². The van der Waals surface area contributed by atoms with Crippen molar-refractivity contribution in [3.63, 3.8) is 0 Å². The average Bonchev–Trinajstić information content (AvgIpc) is 2.60. The third-order valence-electron chi connectivity index (χ3n) is 3.67. The van der Waals surface area contributed by atoms with Gasteiger partial charge < -0.3 is 0 Å². The Balaban J connectivity index is 1.98. The van der Waals surface area contributed by atoms with E-state index < -0.39 is 0 Å². The third-order valence-corrected chi connectivity index (χ3v) is 3.67. The van der Waals surface area contributed by atoms with E-state index >= 15 is 0 Å². The Morgan fingerprint density at radius 1 is 0.652 bits per heavy atom. The Morgan fingerprint density at radius 2 is 1.17 bits per heavy atom. The Hall–Kier alpha value is -2.44. The summed E-state index contributed by atoms with van der Waals surface area (Å²) in [4.78, 5) is 0. The Labute approximate surface area is 141 Å². The molecule has 2 aromatic rings. The molecule has 0 saturated heterocycles. The van der Waals surface area contributed by atoms with Crippen LogP contribution in [0.1, 0.15) is 61.8 Å². The predicted octanol–water partition coefficient (Wildman–Crippen LogP) is 5.58. The zero-order chi connectivity index (χ0) is 16.3. The Bertz CT molecular complexity index is 710. The summed E-state index contributed by atoms with van der Waals surface area (Å²) in [5.41, 5.74) is 4.55. The van der Waals surface area contributed by atoms with Crippen LogP contribution in [0.5, 0.6) is 0 Å². The summed E-state index contributed by atoms with van der Waals surface area (Å²) < 4.78 is 0. The highest BCUT2D eigenvalue weighted by Crippen LogP contribution is 2.09. The molecule has 0 aliphatic carbocycles. The number of aryl methyl sites for hydroxylation is 1. The van der Waals surface area contributed by atoms with Gasteiger partial charge in [-0.2, -0.15) is 0 Å². The average molecular weight is 300 g/mol. The summed E-state index contributed by atoms with van der Waals surface area (Å²) in [6.45, 7) is 4.30. The molecule has 23 heavy (non-hydrogen) atoms. The SMILES string of the molecule is CCC#Cc1ccc(C#Cc2ccc(CCCCC)cc2)cc1. The van der Waals surface area contributed by atoms with Crippen molar-refractivity contribution in [3.8, 4) is 23.7 Å². The van der Waals surface area contributed by atoms with Gasteiger partial charge in [-0.15, -0.1) is 0 Å². The molecule has 0 saturated carbocycles. The number of hydrogen-bond donors (Lipinski definition) is 0. The molecule has 0 heterocycles. The minimum atomic E-state index is 0.885. The highest BCUT2D eigenvalue weighted by Gasteiger charge is 1.94. The topological polar surface area (TPSA) is 0 Å². The molecular weight excluding hydrogens is 276 g/mol. The van der Waals surface area contributed by atoms with Gasteiger partial charge >= 0.3 is 0 Å². The first-order valence-corrected chi connectivity index (χ1v) is 8.51. The fourth-order valence-corrected chi connectivity index (χ4v) is 2.31. The van der Waals surface area contributed by atoms with Crippen molar-refractivity contribution in [1.29, 1.82) is 0 Å². The standard InChI is InChI=1S/C23H24/c1-3-5-7-9-21-12-16-23(17-13-21)19-18-22-14-10-20(11-15-22)8-6-4-2/h10-17H,3-5,7,9H2,1-2H3. The molecule has 0 unspecified atom stereocenters. The van der Waals surface area contributed by atoms with Crippen LogP contribution in [0.3, 0.4) is 0 Å². The fraction of sp³-hybridized carbons (Fsp3) is 0.304. The minimum absolute atomic E-state index is 0.885. The lowest BCUT2D eigenvalue weighted by Gasteiger charge is -2.00. The van der Waals surface area contributed by atoms with Crippen LogP contribution in [0.2, 0.25) is 0 Å². The molecule has 0 bridgehead atoms. The molecular formula is C23H24. The smallest absolute Gasteiger partial charge is 0.0249 e. The van der Waals surface area contributed by atoms with Crippen LogP contribution >= 0.6 is 0 Å². The number of benzene rings is 2. The van der Waals surface area contributed by atoms with Gasteiger partial charge in [-0.3, -0.25) is 0 Å². The molecule has 116 valence electrons. The first-order chi connectivity index (χ1) is 11.3. The maximum atomic E-state index is 3.23. The molecule has 2 rings (SSSR count). The van der Waals surface area contributed by atoms with E-state index in [1.807, 2.05) is 24.3 Å². The molecule has 0 nitrogen and oxygen atoms in total. The second kappa shape index (κ2) is 9.55. The summed E-state index contributed by atoms with van der Waals surface area (Å²) in [6, 6.07) is 16.8. The van der Waals surface area contributed by atoms with Gasteiger partial charge in [0.2, 0.25) is 0 Å². The van der Waals surface area contributed by atoms with Crippen molar-refractivity contribution in [3.05, 3.63) is 70.8 Å². The lowest BCUT2D eigenvalue weighted by molar-refractivity contribution is 0.717. The molecule has 0 N–H and O–H groups in total. The van der Waals surface area contributed by atoms with Crippen molar-refractivity contribution in [2.45, 2.75) is 46.0 Å². The second-order valence-corrected chi connectivity index (χ2v) is 5.64. The fourth-order valence-electron chi connectivity index (χ4n) is 2.31. The molecule has 0 aromatic heterocycles. The first kappa shape index (κ1) is 16.9. The lowest BCUT2D eigenvalue weighted by atomic mass is 10.1. The van der Waals surface area contributed by atoms with Gasteiger partial charge in [0.1, 0.15) is 0 Å². The van der Waals surface area contributed by atoms with Crippen LogP contribution in [0.15, 0.2) is 48.5 Å². The third kappa shape index (κ3) is 6.06. The van der Waals surface area contributed by atoms with E-state index in [0.29, 0.717) is 0 Å². The van der Waals surface area contributed by atoms with E-state index in [1.165, 1.54) is 31.2 Å². The van der Waals surface area contributed by atoms with Crippen LogP contribution in [0, 0.1) is 23.7 Å². The summed E-state index contributed by atoms with van der Waals surface area (Å²) in [5.74, 6) is 12.7. The summed E-state index contributed by atoms with van der Waals surface area (Å²) in [6.07, 6.45) is 5.90. The zero-order valence-electron chi connectivity index (χ0n) is 14.2. The molecule has 0 aliphatic heterocycles. The lowest BCUT2D eigenvalue weighted by Crippen LogP contribution is -1.85. The van der Waals surface area contributed by atoms with Crippen molar-refractivity contribution < 1.29 is 0 Å². The van der Waals surface area contributed by atoms with Gasteiger partial charge in [-0.05, 0) is 54.8 Å². The predicted molar refractivity (Wildman–Crippen MR) is 99.3 cm³/mol. The zero-order valence-corrected chi connectivity index (χ0v) is 14.2. The normalized spacial score (nSPS) is 9.48. The van der Waals surface area contributed by atoms with E-state index in [2.05, 4.69) is 61.8 Å². The van der Waals surface area contributed by atoms with E-state index in [4.69, 9.17) is 0 Å². The molecule has 0 radical (unpaired) electrons. The summed E-state index contributed by atoms with van der Waals surface area (Å²) >= 11 is 0. The Morgan fingerprint density at radius 3 is 1.70 bits per heavy atom. The molecule has 2 aromatic carbocycles. The number of rotatable bonds is 4. The number of unbranched alkanes of at least 4 members (excludes halogenated alkanes) is 2. The van der Waals surface area contributed by atoms with E-state index in [9.17, 15) is 0 Å². The van der Waals surface area contributed by atoms with Gasteiger partial charge in [0.05, 0.1) is 0 Å². The monoisotopic (exact) mass is 300 g/mol. The molecule has 0 aliphatic rings. The van der Waals surface area contributed by atoms with Crippen LogP contribution in [0.4, 0.5) is 0 Å². The highest BCUT2D eigenvalue weighted by atomic mass is 14.0. The van der Waals surface area contributed by atoms with E-state index in [1.54, 1.807) is 0 Å². The maximum absolute atomic E-state index is 3.23. The van der Waals surface area contributed by atoms with Gasteiger partial charge in [0, 0.05) is 23.1 Å². The van der Waals surface area contributed by atoms with Crippen LogP contribution in [0.25, 0.3) is 0 Å². The largest absolute Gasteiger partial charge is 0.0982 e. The number of hydrogen-bond acceptors (Lipinski definition) is 0. The van der Waals surface area contributed by atoms with Gasteiger partial charge in [-0.25, -0.2) is 0 Å². The van der Waals surface area contributed by atoms with Crippen molar-refractivity contribution in [2.24, 2.45) is 0 Å². The highest BCUT2D eigenvalue weighted by molar-refractivity contribution is 5.46. The quantitative estimate of drug-likeness (QED) is 0.510. The molecule has 0 fully saturated rings. The van der Waals surface area contributed by atoms with Gasteiger partial charge in [0.25, 0.3) is 0 Å².